The molecule has 0 radical (unpaired) electrons. The molecule has 0 fully saturated rings. The summed E-state index contributed by atoms with van der Waals surface area (Å²) in [6.45, 7) is 6.79. The second-order valence-electron chi connectivity index (χ2n) is 4.08. The fourth-order valence-electron chi connectivity index (χ4n) is 1.09. The molecule has 4 heteroatoms. The maximum atomic E-state index is 11.2. The molecule has 2 amide bonds. The zero-order valence-corrected chi connectivity index (χ0v) is 9.93. The zero-order valence-electron chi connectivity index (χ0n) is 9.93. The molecular formula is C11H22N2O2. The Hall–Kier alpha value is -1.06. The van der Waals surface area contributed by atoms with Crippen molar-refractivity contribution >= 4 is 11.8 Å². The quantitative estimate of drug-likeness (QED) is 0.623. The topological polar surface area (TPSA) is 58.2 Å². The summed E-state index contributed by atoms with van der Waals surface area (Å²) in [5.41, 5.74) is 0. The van der Waals surface area contributed by atoms with Gasteiger partial charge in [0.2, 0.25) is 11.8 Å². The number of rotatable bonds is 7. The molecule has 0 bridgehead atoms. The van der Waals surface area contributed by atoms with Gasteiger partial charge >= 0.3 is 0 Å². The van der Waals surface area contributed by atoms with Crippen molar-refractivity contribution in [1.82, 2.24) is 10.6 Å². The Balaban J connectivity index is 3.49. The summed E-state index contributed by atoms with van der Waals surface area (Å²) in [6.07, 6.45) is 2.51. The molecule has 0 heterocycles. The summed E-state index contributed by atoms with van der Waals surface area (Å²) in [5.74, 6) is 0.157. The van der Waals surface area contributed by atoms with E-state index in [9.17, 15) is 9.59 Å². The molecular weight excluding hydrogens is 192 g/mol. The molecule has 2 N–H and O–H groups in total. The van der Waals surface area contributed by atoms with Gasteiger partial charge in [0.15, 0.2) is 0 Å². The van der Waals surface area contributed by atoms with Crippen molar-refractivity contribution in [2.24, 2.45) is 5.92 Å². The Labute approximate surface area is 91.8 Å². The van der Waals surface area contributed by atoms with Crippen molar-refractivity contribution in [1.29, 1.82) is 0 Å². The molecule has 0 aliphatic carbocycles. The van der Waals surface area contributed by atoms with E-state index in [0.29, 0.717) is 18.9 Å². The highest BCUT2D eigenvalue weighted by atomic mass is 16.2. The van der Waals surface area contributed by atoms with Gasteiger partial charge in [-0.1, -0.05) is 27.2 Å². The Kier molecular flexibility index (Phi) is 7.68. The highest BCUT2D eigenvalue weighted by Crippen LogP contribution is 1.97. The monoisotopic (exact) mass is 214 g/mol. The molecule has 0 aliphatic rings. The molecule has 4 nitrogen and oxygen atoms in total. The average molecular weight is 214 g/mol. The summed E-state index contributed by atoms with van der Waals surface area (Å²) in [6, 6.07) is 0. The van der Waals surface area contributed by atoms with Crippen molar-refractivity contribution in [3.05, 3.63) is 0 Å². The third-order valence-corrected chi connectivity index (χ3v) is 1.89. The van der Waals surface area contributed by atoms with E-state index in [1.54, 1.807) is 0 Å². The molecule has 88 valence electrons. The maximum absolute atomic E-state index is 11.2. The summed E-state index contributed by atoms with van der Waals surface area (Å²) in [5, 5.41) is 5.33. The van der Waals surface area contributed by atoms with Crippen LogP contribution in [0.3, 0.4) is 0 Å². The molecule has 0 saturated heterocycles. The van der Waals surface area contributed by atoms with E-state index in [2.05, 4.69) is 17.6 Å². The Bertz CT molecular complexity index is 203. The minimum absolute atomic E-state index is 0.0596. The van der Waals surface area contributed by atoms with Gasteiger partial charge in [0, 0.05) is 13.0 Å². The van der Waals surface area contributed by atoms with Gasteiger partial charge in [0.1, 0.15) is 0 Å². The number of nitrogens with one attached hydrogen (secondary N) is 2. The SMILES string of the molecule is CCCCNC(=O)CNC(=O)CC(C)C. The zero-order chi connectivity index (χ0) is 11.7. The molecule has 0 aliphatic heterocycles. The molecule has 0 aromatic heterocycles. The van der Waals surface area contributed by atoms with Gasteiger partial charge in [0.05, 0.1) is 6.54 Å². The number of carbonyl (C=O) groups excluding carboxylic acids is 2. The van der Waals surface area contributed by atoms with E-state index in [1.807, 2.05) is 13.8 Å². The lowest BCUT2D eigenvalue weighted by molar-refractivity contribution is -0.126. The molecule has 0 spiro atoms. The minimum atomic E-state index is -0.111. The van der Waals surface area contributed by atoms with Crippen molar-refractivity contribution < 1.29 is 9.59 Å². The van der Waals surface area contributed by atoms with Gasteiger partial charge in [-0.2, -0.15) is 0 Å². The lowest BCUT2D eigenvalue weighted by Crippen LogP contribution is -2.37. The van der Waals surface area contributed by atoms with Gasteiger partial charge < -0.3 is 10.6 Å². The first-order chi connectivity index (χ1) is 7.06. The third-order valence-electron chi connectivity index (χ3n) is 1.89. The predicted octanol–water partition coefficient (Wildman–Crippen LogP) is 1.06. The van der Waals surface area contributed by atoms with E-state index >= 15 is 0 Å². The van der Waals surface area contributed by atoms with Gasteiger partial charge in [-0.05, 0) is 12.3 Å². The maximum Gasteiger partial charge on any atom is 0.239 e. The fraction of sp³-hybridized carbons (Fsp3) is 0.818. The largest absolute Gasteiger partial charge is 0.355 e. The van der Waals surface area contributed by atoms with Crippen LogP contribution in [0.25, 0.3) is 0 Å². The van der Waals surface area contributed by atoms with Gasteiger partial charge in [-0.25, -0.2) is 0 Å². The number of carbonyl (C=O) groups is 2. The number of hydrogen-bond donors (Lipinski definition) is 2. The van der Waals surface area contributed by atoms with E-state index < -0.39 is 0 Å². The summed E-state index contributed by atoms with van der Waals surface area (Å²) in [4.78, 5) is 22.4. The molecule has 0 aromatic rings. The van der Waals surface area contributed by atoms with Crippen LogP contribution >= 0.6 is 0 Å². The highest BCUT2D eigenvalue weighted by Gasteiger charge is 2.06. The lowest BCUT2D eigenvalue weighted by atomic mass is 10.1. The summed E-state index contributed by atoms with van der Waals surface area (Å²) < 4.78 is 0. The average Bonchev–Trinajstić information content (AvgIpc) is 2.14. The number of amides is 2. The highest BCUT2D eigenvalue weighted by molar-refractivity contribution is 5.84. The molecule has 15 heavy (non-hydrogen) atoms. The Morgan fingerprint density at radius 1 is 1.13 bits per heavy atom. The molecule has 0 atom stereocenters. The van der Waals surface area contributed by atoms with E-state index in [0.717, 1.165) is 12.8 Å². The predicted molar refractivity (Wildman–Crippen MR) is 60.4 cm³/mol. The first kappa shape index (κ1) is 13.9. The van der Waals surface area contributed by atoms with E-state index in [4.69, 9.17) is 0 Å². The van der Waals surface area contributed by atoms with E-state index in [-0.39, 0.29) is 18.4 Å². The Morgan fingerprint density at radius 2 is 1.80 bits per heavy atom. The molecule has 0 rings (SSSR count). The normalized spacial score (nSPS) is 10.1. The standard InChI is InChI=1S/C11H22N2O2/c1-4-5-6-12-11(15)8-13-10(14)7-9(2)3/h9H,4-8H2,1-3H3,(H,12,15)(H,13,14). The van der Waals surface area contributed by atoms with Crippen molar-refractivity contribution in [3.63, 3.8) is 0 Å². The van der Waals surface area contributed by atoms with Crippen LogP contribution in [0.1, 0.15) is 40.0 Å². The first-order valence-electron chi connectivity index (χ1n) is 5.59. The molecule has 0 saturated carbocycles. The van der Waals surface area contributed by atoms with Crippen molar-refractivity contribution in [2.45, 2.75) is 40.0 Å². The lowest BCUT2D eigenvalue weighted by Gasteiger charge is -2.07. The van der Waals surface area contributed by atoms with Gasteiger partial charge in [-0.15, -0.1) is 0 Å². The van der Waals surface area contributed by atoms with Crippen molar-refractivity contribution in [2.75, 3.05) is 13.1 Å². The van der Waals surface area contributed by atoms with Crippen LogP contribution in [0.5, 0.6) is 0 Å². The second kappa shape index (κ2) is 8.26. The number of unbranched alkanes of at least 4 members (excludes halogenated alkanes) is 1. The van der Waals surface area contributed by atoms with Gasteiger partial charge in [0.25, 0.3) is 0 Å². The fourth-order valence-corrected chi connectivity index (χ4v) is 1.09. The molecule has 0 aromatic carbocycles. The minimum Gasteiger partial charge on any atom is -0.355 e. The molecule has 0 unspecified atom stereocenters. The summed E-state index contributed by atoms with van der Waals surface area (Å²) in [7, 11) is 0. The van der Waals surface area contributed by atoms with Crippen LogP contribution in [0.4, 0.5) is 0 Å². The second-order valence-corrected chi connectivity index (χ2v) is 4.08. The van der Waals surface area contributed by atoms with Crippen LogP contribution < -0.4 is 10.6 Å². The van der Waals surface area contributed by atoms with Crippen LogP contribution in [0.15, 0.2) is 0 Å². The number of hydrogen-bond acceptors (Lipinski definition) is 2. The van der Waals surface area contributed by atoms with Crippen LogP contribution in [0.2, 0.25) is 0 Å². The first-order valence-corrected chi connectivity index (χ1v) is 5.59. The van der Waals surface area contributed by atoms with Crippen LogP contribution in [-0.2, 0) is 9.59 Å². The third kappa shape index (κ3) is 9.25. The smallest absolute Gasteiger partial charge is 0.239 e. The van der Waals surface area contributed by atoms with Crippen molar-refractivity contribution in [3.8, 4) is 0 Å². The Morgan fingerprint density at radius 3 is 2.33 bits per heavy atom. The van der Waals surface area contributed by atoms with Crippen LogP contribution in [-0.4, -0.2) is 24.9 Å². The van der Waals surface area contributed by atoms with Crippen LogP contribution in [0, 0.1) is 5.92 Å². The van der Waals surface area contributed by atoms with Gasteiger partial charge in [-0.3, -0.25) is 9.59 Å². The van der Waals surface area contributed by atoms with E-state index in [1.165, 1.54) is 0 Å². The summed E-state index contributed by atoms with van der Waals surface area (Å²) >= 11 is 0.